The van der Waals surface area contributed by atoms with Crippen molar-refractivity contribution in [2.45, 2.75) is 217 Å². The molecule has 0 aromatic heterocycles. The Labute approximate surface area is 504 Å². The summed E-state index contributed by atoms with van der Waals surface area (Å²) < 4.78 is 5.85. The van der Waals surface area contributed by atoms with Gasteiger partial charge in [-0.2, -0.15) is 0 Å². The fraction of sp³-hybridized carbons (Fsp3) is 0.746. The topological polar surface area (TPSA) is 331 Å². The van der Waals surface area contributed by atoms with Crippen LogP contribution in [0.3, 0.4) is 0 Å². The van der Waals surface area contributed by atoms with Crippen LogP contribution in [-0.4, -0.2) is 148 Å². The lowest BCUT2D eigenvalue weighted by Gasteiger charge is -2.38. The molecule has 11 N–H and O–H groups in total. The van der Waals surface area contributed by atoms with Crippen LogP contribution in [0, 0.1) is 57.2 Å². The molecule has 0 spiro atoms. The quantitative estimate of drug-likeness (QED) is 0.0664. The number of aliphatic hydroxyl groups is 1. The minimum Gasteiger partial charge on any atom is -0.394 e. The minimum absolute atomic E-state index is 0. The summed E-state index contributed by atoms with van der Waals surface area (Å²) in [6, 6.07) is 3.02. The Kier molecular flexibility index (Phi) is 22.9. The van der Waals surface area contributed by atoms with Crippen molar-refractivity contribution in [1.82, 2.24) is 41.7 Å². The highest BCUT2D eigenvalue weighted by atomic mass is 16.5. The van der Waals surface area contributed by atoms with E-state index >= 15 is 0 Å². The van der Waals surface area contributed by atoms with Gasteiger partial charge < -0.3 is 63.0 Å². The number of Topliss-reactive ketones (excluding diaryl/α,β-unsaturated/α-hetero) is 2. The molecule has 7 rings (SSSR count). The van der Waals surface area contributed by atoms with E-state index in [2.05, 4.69) is 59.6 Å². The van der Waals surface area contributed by atoms with Gasteiger partial charge in [-0.1, -0.05) is 153 Å². The molecule has 6 aliphatic rings. The molecular formula is C63H104N10O12. The molecule has 10 amide bonds. The van der Waals surface area contributed by atoms with E-state index in [1.54, 1.807) is 18.7 Å². The van der Waals surface area contributed by atoms with Crippen LogP contribution in [0.25, 0.3) is 0 Å². The van der Waals surface area contributed by atoms with E-state index in [1.165, 1.54) is 4.90 Å². The zero-order valence-corrected chi connectivity index (χ0v) is 51.5. The molecule has 478 valence electrons. The number of carbonyl (C=O) groups excluding carboxylic acids is 10. The van der Waals surface area contributed by atoms with Crippen LogP contribution in [0.15, 0.2) is 30.3 Å². The van der Waals surface area contributed by atoms with Crippen molar-refractivity contribution in [1.29, 1.82) is 0 Å². The lowest BCUT2D eigenvalue weighted by Crippen LogP contribution is -2.62. The third kappa shape index (κ3) is 17.1. The van der Waals surface area contributed by atoms with Crippen molar-refractivity contribution in [2.24, 2.45) is 68.6 Å². The van der Waals surface area contributed by atoms with Crippen molar-refractivity contribution < 1.29 is 57.8 Å². The molecule has 22 heteroatoms. The van der Waals surface area contributed by atoms with Gasteiger partial charge in [0.05, 0.1) is 43.0 Å². The molecule has 2 heterocycles. The number of ketones is 2. The van der Waals surface area contributed by atoms with Crippen molar-refractivity contribution in [2.75, 3.05) is 26.3 Å². The Hall–Kier alpha value is -6.16. The molecule has 10 atom stereocenters. The number of fused-ring (bicyclic) bond motifs is 2. The number of likely N-dealkylation sites (tertiary alicyclic amines) is 2. The lowest BCUT2D eigenvalue weighted by molar-refractivity contribution is -0.145. The number of carbonyl (C=O) groups is 10. The van der Waals surface area contributed by atoms with Gasteiger partial charge in [0, 0.05) is 13.1 Å². The number of aliphatic hydroxyl groups excluding tert-OH is 1. The van der Waals surface area contributed by atoms with Crippen molar-refractivity contribution in [3.05, 3.63) is 35.9 Å². The number of ether oxygens (including phenoxy) is 1. The van der Waals surface area contributed by atoms with Crippen LogP contribution in [-0.2, 0) is 49.7 Å². The average Bonchev–Trinajstić information content (AvgIpc) is 1.88. The minimum atomic E-state index is -1.09. The molecule has 85 heavy (non-hydrogen) atoms. The van der Waals surface area contributed by atoms with Crippen LogP contribution in [0.5, 0.6) is 0 Å². The predicted molar refractivity (Wildman–Crippen MR) is 323 cm³/mol. The van der Waals surface area contributed by atoms with Gasteiger partial charge in [0.15, 0.2) is 0 Å². The fourth-order valence-corrected chi connectivity index (χ4v) is 12.7. The Bertz CT molecular complexity index is 2620. The Morgan fingerprint density at radius 3 is 1.27 bits per heavy atom. The number of nitrogens with zero attached hydrogens (tertiary/aromatic N) is 2. The second-order valence-corrected chi connectivity index (χ2v) is 29.1. The second kappa shape index (κ2) is 27.3. The van der Waals surface area contributed by atoms with Crippen molar-refractivity contribution in [3.8, 4) is 0 Å². The highest BCUT2D eigenvalue weighted by molar-refractivity contribution is 6.38. The molecule has 1 aromatic rings. The zero-order valence-electron chi connectivity index (χ0n) is 51.5. The maximum absolute atomic E-state index is 14.2. The van der Waals surface area contributed by atoms with Crippen molar-refractivity contribution >= 4 is 59.1 Å². The SMILES string of the molecule is C.C.CC(C)(CO)NC(=O)N[C@H](C(=O)N1CC2C([C@H]1C(=O)NC(CC1CCC1)C(=O)C(N)=O)C2(C)C)C(C)(C)C.CC(C)(COCc1ccccc1)NC(=O)N[C@H](C(=O)N1CC2C([C@H]1C(=O)NC(CC1CCC1)C(=O)C(N)=O)C2(C)C)C(C)(C)C. The highest BCUT2D eigenvalue weighted by Crippen LogP contribution is 2.66. The monoisotopic (exact) mass is 1190 g/mol. The van der Waals surface area contributed by atoms with Gasteiger partial charge in [0.1, 0.15) is 24.2 Å². The molecule has 1 aromatic carbocycles. The largest absolute Gasteiger partial charge is 0.394 e. The summed E-state index contributed by atoms with van der Waals surface area (Å²) in [5.74, 6) is -5.06. The second-order valence-electron chi connectivity index (χ2n) is 29.1. The molecular weight excluding hydrogens is 1090 g/mol. The molecule has 4 saturated carbocycles. The van der Waals surface area contributed by atoms with Gasteiger partial charge in [-0.3, -0.25) is 38.4 Å². The highest BCUT2D eigenvalue weighted by Gasteiger charge is 2.71. The maximum atomic E-state index is 14.2. The van der Waals surface area contributed by atoms with Crippen LogP contribution in [0.2, 0.25) is 0 Å². The molecule has 22 nitrogen and oxygen atoms in total. The first-order valence-corrected chi connectivity index (χ1v) is 29.6. The summed E-state index contributed by atoms with van der Waals surface area (Å²) in [5, 5.41) is 26.3. The number of nitrogens with two attached hydrogens (primary N) is 2. The van der Waals surface area contributed by atoms with E-state index in [0.717, 1.165) is 44.1 Å². The number of nitrogens with one attached hydrogen (secondary N) is 6. The smallest absolute Gasteiger partial charge is 0.315 e. The van der Waals surface area contributed by atoms with Gasteiger partial charge in [0.25, 0.3) is 11.8 Å². The maximum Gasteiger partial charge on any atom is 0.315 e. The van der Waals surface area contributed by atoms with Gasteiger partial charge in [0.2, 0.25) is 35.2 Å². The standard InChI is InChI=1S/C34H51N5O6.C27H45N5O6.2CH4/c1-32(2,3)27(37-31(44)38-33(4,5)19-45-18-21-12-9-8-10-13-21)30(43)39-17-22-24(34(22,6)7)25(39)29(42)36-23(26(40)28(35)41)16-20-14-11-15-20;1-25(2,3)20(30-24(38)31-26(4,5)13-33)23(37)32-12-15-17(27(15,6)7)18(32)22(36)29-16(19(34)21(28)35)11-14-9-8-10-14;;/h8-10,12-13,20,22-25,27H,11,14-19H2,1-7H3,(H2,35,41)(H,36,42)(H2,37,38,44);14-18,20,33H,8-13H2,1-7H3,(H2,28,35)(H,29,36)(H2,30,31,38);2*1H4/t22?,23?,24?,25-,27+;15?,16?,17?,18-,20+;;/m00../s1. The summed E-state index contributed by atoms with van der Waals surface area (Å²) in [6.07, 6.45) is 6.51. The van der Waals surface area contributed by atoms with Crippen LogP contribution in [0.4, 0.5) is 9.59 Å². The first kappa shape index (κ1) is 71.3. The summed E-state index contributed by atoms with van der Waals surface area (Å²) >= 11 is 0. The Morgan fingerprint density at radius 2 is 0.953 bits per heavy atom. The number of rotatable bonds is 23. The number of primary amides is 2. The Balaban J connectivity index is 0.000000361. The summed E-state index contributed by atoms with van der Waals surface area (Å²) in [5.41, 5.74) is 8.32. The number of amides is 10. The number of benzene rings is 1. The molecule has 2 saturated heterocycles. The van der Waals surface area contributed by atoms with Crippen LogP contribution >= 0.6 is 0 Å². The molecule has 6 unspecified atom stereocenters. The third-order valence-electron chi connectivity index (χ3n) is 18.5. The van der Waals surface area contributed by atoms with Gasteiger partial charge in [-0.25, -0.2) is 9.59 Å². The summed E-state index contributed by atoms with van der Waals surface area (Å²) in [6.45, 7) is 27.4. The molecule has 4 aliphatic carbocycles. The normalized spacial score (nSPS) is 24.1. The molecule has 2 aliphatic heterocycles. The first-order chi connectivity index (χ1) is 38.3. The number of urea groups is 2. The van der Waals surface area contributed by atoms with E-state index in [-0.39, 0.29) is 80.3 Å². The van der Waals surface area contributed by atoms with Crippen LogP contribution in [0.1, 0.15) is 169 Å². The number of hydrogen-bond donors (Lipinski definition) is 9. The summed E-state index contributed by atoms with van der Waals surface area (Å²) in [4.78, 5) is 134. The number of piperidine rings is 2. The molecule has 0 bridgehead atoms. The van der Waals surface area contributed by atoms with E-state index in [0.29, 0.717) is 32.5 Å². The summed E-state index contributed by atoms with van der Waals surface area (Å²) in [7, 11) is 0. The molecule has 6 fully saturated rings. The van der Waals surface area contributed by atoms with E-state index in [1.807, 2.05) is 85.7 Å². The van der Waals surface area contributed by atoms with Gasteiger partial charge in [-0.15, -0.1) is 0 Å². The number of hydrogen-bond acceptors (Lipinski definition) is 12. The van der Waals surface area contributed by atoms with Crippen molar-refractivity contribution in [3.63, 3.8) is 0 Å². The Morgan fingerprint density at radius 1 is 0.588 bits per heavy atom. The van der Waals surface area contributed by atoms with E-state index in [4.69, 9.17) is 16.2 Å². The lowest BCUT2D eigenvalue weighted by atomic mass is 9.80. The zero-order chi connectivity index (χ0) is 62.1. The fourth-order valence-electron chi connectivity index (χ4n) is 12.7. The third-order valence-corrected chi connectivity index (χ3v) is 18.5. The average molecular weight is 1190 g/mol. The molecule has 0 radical (unpaired) electrons. The van der Waals surface area contributed by atoms with Gasteiger partial charge in [-0.05, 0) is 103 Å². The van der Waals surface area contributed by atoms with Gasteiger partial charge >= 0.3 is 12.1 Å². The van der Waals surface area contributed by atoms with Crippen LogP contribution < -0.4 is 43.4 Å². The first-order valence-electron chi connectivity index (χ1n) is 29.6. The van der Waals surface area contributed by atoms with E-state index in [9.17, 15) is 53.1 Å². The van der Waals surface area contributed by atoms with E-state index < -0.39 is 111 Å². The predicted octanol–water partition coefficient (Wildman–Crippen LogP) is 4.86.